The zero-order chi connectivity index (χ0) is 81.2. The van der Waals surface area contributed by atoms with E-state index in [4.69, 9.17) is 23.9 Å². The van der Waals surface area contributed by atoms with Crippen LogP contribution in [0.4, 0.5) is 5.69 Å². The van der Waals surface area contributed by atoms with E-state index in [2.05, 4.69) is 39.9 Å². The summed E-state index contributed by atoms with van der Waals surface area (Å²) in [6.07, 6.45) is 55.4. The number of anilines is 1. The molecule has 0 radical (unpaired) electrons. The molecule has 17 heteroatoms. The number of hydrogen-bond donors (Lipinski definition) is 3. The van der Waals surface area contributed by atoms with Crippen LogP contribution in [0.1, 0.15) is 389 Å². The Morgan fingerprint density at radius 1 is 0.414 bits per heavy atom. The molecule has 2 aliphatic rings. The number of hydrogen-bond acceptors (Lipinski definition) is 13. The third kappa shape index (κ3) is 54.5. The summed E-state index contributed by atoms with van der Waals surface area (Å²) in [7, 11) is -4.19. The standard InChI is InChI=1S/2C20H30O3.C19H28O3.C19H34O2.C16H25NO4S/c1-3-5-6-7-8-9-10-19(21)16-13-17-11-14-18(15-12-17)20(22)23-4-2;1-2-3-4-5-6-7-8-19(21)15-13-17-9-11-18(12-10-17)14-16-20(22)23;1-2-3-4-5-6-7-8-9-17(20)12-10-16-11-13-18-19(14-16)22-15-21-18;1-2-3-4-5-6-7-8-14-18(20)15-10-9-12-17-13-11-16-19(17)21;1-2-3-4-5-6-7-8-9-16(18)17-14-10-12-15(13-11-14)22(19,20)21/h11-12,14-15H,3-10,13,16H2,1-2H3;9-12H,2-8,13-16H2,1H3,(H,22,23);11,13-14H,2-10,12,15H2,1H3;17H,2-16H2,1H3;10-13H,2-9H2,1H3,(H,17,18)(H,19,20,21). The van der Waals surface area contributed by atoms with Crippen molar-refractivity contribution in [2.24, 2.45) is 5.92 Å². The van der Waals surface area contributed by atoms with Gasteiger partial charge in [0, 0.05) is 82.2 Å². The fraction of sp³-hybridized carbons (Fsp3) is 0.660. The number of fused-ring (bicyclic) bond motifs is 1. The molecule has 1 saturated carbocycles. The highest BCUT2D eigenvalue weighted by molar-refractivity contribution is 7.85. The van der Waals surface area contributed by atoms with E-state index in [1.165, 1.54) is 191 Å². The minimum Gasteiger partial charge on any atom is -0.481 e. The van der Waals surface area contributed by atoms with E-state index in [-0.39, 0.29) is 23.2 Å². The number of nitrogens with one attached hydrogen (secondary N) is 1. The van der Waals surface area contributed by atoms with Crippen molar-refractivity contribution in [3.8, 4) is 11.5 Å². The highest BCUT2D eigenvalue weighted by atomic mass is 32.2. The van der Waals surface area contributed by atoms with Crippen molar-refractivity contribution in [1.29, 1.82) is 0 Å². The zero-order valence-electron chi connectivity index (χ0n) is 69.7. The van der Waals surface area contributed by atoms with Crippen molar-refractivity contribution in [2.75, 3.05) is 18.7 Å². The number of aliphatic carboxylic acids is 1. The Morgan fingerprint density at radius 3 is 1.15 bits per heavy atom. The summed E-state index contributed by atoms with van der Waals surface area (Å²) in [6, 6.07) is 26.7. The van der Waals surface area contributed by atoms with Gasteiger partial charge in [-0.05, 0) is 161 Å². The molecule has 1 aliphatic heterocycles. The number of Topliss-reactive ketones (excluding diaryl/α,β-unsaturated/α-hetero) is 5. The van der Waals surface area contributed by atoms with E-state index >= 15 is 0 Å². The first-order valence-corrected chi connectivity index (χ1v) is 45.1. The van der Waals surface area contributed by atoms with Gasteiger partial charge in [-0.3, -0.25) is 38.1 Å². The lowest BCUT2D eigenvalue weighted by atomic mass is 9.97. The van der Waals surface area contributed by atoms with Crippen LogP contribution in [0, 0.1) is 5.92 Å². The molecule has 1 aliphatic carbocycles. The van der Waals surface area contributed by atoms with Crippen molar-refractivity contribution >= 4 is 62.6 Å². The topological polar surface area (TPSA) is 251 Å². The van der Waals surface area contributed by atoms with Gasteiger partial charge in [-0.2, -0.15) is 8.42 Å². The van der Waals surface area contributed by atoms with Crippen LogP contribution in [0.5, 0.6) is 11.5 Å². The van der Waals surface area contributed by atoms with Gasteiger partial charge < -0.3 is 24.6 Å². The minimum atomic E-state index is -4.19. The van der Waals surface area contributed by atoms with Crippen molar-refractivity contribution in [3.63, 3.8) is 0 Å². The predicted octanol–water partition coefficient (Wildman–Crippen LogP) is 24.8. The molecular formula is C94H147NO15S. The number of carbonyl (C=O) groups is 8. The van der Waals surface area contributed by atoms with Gasteiger partial charge in [0.1, 0.15) is 28.9 Å². The first-order valence-electron chi connectivity index (χ1n) is 43.7. The van der Waals surface area contributed by atoms with Gasteiger partial charge in [-0.15, -0.1) is 0 Å². The largest absolute Gasteiger partial charge is 0.481 e. The number of carboxylic acids is 1. The molecule has 0 aromatic heterocycles. The number of unbranched alkanes of at least 4 members (excludes halogenated alkanes) is 29. The van der Waals surface area contributed by atoms with E-state index in [0.717, 1.165) is 156 Å². The molecule has 624 valence electrons. The van der Waals surface area contributed by atoms with Crippen LogP contribution in [0.25, 0.3) is 0 Å². The predicted molar refractivity (Wildman–Crippen MR) is 452 cm³/mol. The third-order valence-corrected chi connectivity index (χ3v) is 21.4. The van der Waals surface area contributed by atoms with Crippen molar-refractivity contribution < 1.29 is 70.6 Å². The molecule has 1 amide bonds. The number of aryl methyl sites for hydroxylation is 4. The Balaban J connectivity index is 0.000000471. The van der Waals surface area contributed by atoms with Crippen molar-refractivity contribution in [1.82, 2.24) is 0 Å². The second kappa shape index (κ2) is 66.6. The Kier molecular flexibility index (Phi) is 60.1. The summed E-state index contributed by atoms with van der Waals surface area (Å²) < 4.78 is 46.3. The molecule has 0 spiro atoms. The van der Waals surface area contributed by atoms with E-state index in [9.17, 15) is 46.8 Å². The second-order valence-corrected chi connectivity index (χ2v) is 31.9. The number of carboxylic acid groups (broad SMARTS) is 1. The number of rotatable bonds is 59. The first kappa shape index (κ1) is 100. The lowest BCUT2D eigenvalue weighted by molar-refractivity contribution is -0.137. The molecule has 3 N–H and O–H groups in total. The van der Waals surface area contributed by atoms with Crippen LogP contribution < -0.4 is 14.8 Å². The average molecular weight is 1560 g/mol. The molecular weight excluding hydrogens is 1420 g/mol. The molecule has 1 fully saturated rings. The second-order valence-electron chi connectivity index (χ2n) is 30.5. The maximum atomic E-state index is 11.9. The lowest BCUT2D eigenvalue weighted by Gasteiger charge is -2.07. The fourth-order valence-corrected chi connectivity index (χ4v) is 13.9. The highest BCUT2D eigenvalue weighted by Crippen LogP contribution is 2.33. The minimum absolute atomic E-state index is 0.0758. The van der Waals surface area contributed by atoms with Crippen LogP contribution >= 0.6 is 0 Å². The summed E-state index contributed by atoms with van der Waals surface area (Å²) in [4.78, 5) is 92.6. The van der Waals surface area contributed by atoms with Crippen LogP contribution in [-0.2, 0) is 74.1 Å². The monoisotopic (exact) mass is 1560 g/mol. The molecule has 6 rings (SSSR count). The Morgan fingerprint density at radius 2 is 0.766 bits per heavy atom. The maximum absolute atomic E-state index is 11.9. The van der Waals surface area contributed by atoms with Gasteiger partial charge in [0.25, 0.3) is 10.1 Å². The van der Waals surface area contributed by atoms with Crippen LogP contribution in [0.3, 0.4) is 0 Å². The summed E-state index contributed by atoms with van der Waals surface area (Å²) in [6.45, 7) is 13.6. The number of esters is 1. The molecule has 0 saturated heterocycles. The Labute approximate surface area is 671 Å². The third-order valence-electron chi connectivity index (χ3n) is 20.5. The Bertz CT molecular complexity index is 3240. The van der Waals surface area contributed by atoms with E-state index < -0.39 is 16.1 Å². The molecule has 1 heterocycles. The van der Waals surface area contributed by atoms with Gasteiger partial charge in [-0.1, -0.05) is 263 Å². The van der Waals surface area contributed by atoms with E-state index in [0.29, 0.717) is 104 Å². The summed E-state index contributed by atoms with van der Waals surface area (Å²) in [5, 5.41) is 11.4. The van der Waals surface area contributed by atoms with Crippen LogP contribution in [-0.4, -0.2) is 78.2 Å². The van der Waals surface area contributed by atoms with Crippen LogP contribution in [0.2, 0.25) is 0 Å². The van der Waals surface area contributed by atoms with Gasteiger partial charge >= 0.3 is 11.9 Å². The molecule has 111 heavy (non-hydrogen) atoms. The molecule has 4 aromatic rings. The molecule has 1 unspecified atom stereocenters. The number of ketones is 5. The first-order chi connectivity index (χ1) is 53.7. The summed E-state index contributed by atoms with van der Waals surface area (Å²) in [5.41, 5.74) is 5.52. The summed E-state index contributed by atoms with van der Waals surface area (Å²) >= 11 is 0. The SMILES string of the molecule is CCCCCCCCC(=O)CCc1ccc(C(=O)OCC)cc1.CCCCCCCCC(=O)CCc1ccc(CCC(=O)O)cc1.CCCCCCCCCC(=O)CCCCC1CCCC1=O.CCCCCCCCCC(=O)CCc1ccc2c(c1)OCO2.CCCCCCCCCC(=O)Nc1ccc(S(=O)(=O)O)cc1. The van der Waals surface area contributed by atoms with E-state index in [1.54, 1.807) is 19.1 Å². The fourth-order valence-electron chi connectivity index (χ4n) is 13.4. The lowest BCUT2D eigenvalue weighted by Crippen LogP contribution is -2.11. The Hall–Kier alpha value is -6.85. The van der Waals surface area contributed by atoms with Gasteiger partial charge in [-0.25, -0.2) is 4.79 Å². The van der Waals surface area contributed by atoms with Gasteiger partial charge in [0.15, 0.2) is 11.5 Å². The summed E-state index contributed by atoms with van der Waals surface area (Å²) in [5.74, 6) is 2.77. The van der Waals surface area contributed by atoms with E-state index in [1.807, 2.05) is 54.6 Å². The number of amides is 1. The quantitative estimate of drug-likeness (QED) is 0.0211. The van der Waals surface area contributed by atoms with Gasteiger partial charge in [0.2, 0.25) is 12.7 Å². The smallest absolute Gasteiger partial charge is 0.338 e. The zero-order valence-corrected chi connectivity index (χ0v) is 70.6. The molecule has 4 aromatic carbocycles. The van der Waals surface area contributed by atoms with Crippen molar-refractivity contribution in [2.45, 2.75) is 387 Å². The highest BCUT2D eigenvalue weighted by Gasteiger charge is 2.24. The number of ether oxygens (including phenoxy) is 3. The molecule has 0 bridgehead atoms. The normalized spacial score (nSPS) is 12.6. The van der Waals surface area contributed by atoms with Gasteiger partial charge in [0.05, 0.1) is 17.1 Å². The number of carbonyl (C=O) groups excluding carboxylic acids is 7. The maximum Gasteiger partial charge on any atom is 0.338 e. The molecule has 16 nitrogen and oxygen atoms in total. The van der Waals surface area contributed by atoms with Crippen LogP contribution in [0.15, 0.2) is 95.9 Å². The van der Waals surface area contributed by atoms with Crippen molar-refractivity contribution in [3.05, 3.63) is 119 Å². The average Bonchev–Trinajstić information content (AvgIpc) is 1.83. The number of benzene rings is 4. The molecule has 1 atom stereocenters.